The minimum Gasteiger partial charge on any atom is -0.497 e. The summed E-state index contributed by atoms with van der Waals surface area (Å²) in [6.45, 7) is 3.89. The zero-order chi connectivity index (χ0) is 19.0. The molecule has 0 aliphatic carbocycles. The molecule has 3 aromatic heterocycles. The average molecular weight is 361 g/mol. The molecule has 8 nitrogen and oxygen atoms in total. The van der Waals surface area contributed by atoms with Gasteiger partial charge in [0.05, 0.1) is 29.7 Å². The zero-order valence-corrected chi connectivity index (χ0v) is 15.6. The number of aryl methyl sites for hydroxylation is 3. The van der Waals surface area contributed by atoms with E-state index in [0.29, 0.717) is 11.9 Å². The highest BCUT2D eigenvalue weighted by Crippen LogP contribution is 2.24. The predicted octanol–water partition coefficient (Wildman–Crippen LogP) is 3.19. The third-order valence-electron chi connectivity index (χ3n) is 4.26. The van der Waals surface area contributed by atoms with Crippen LogP contribution in [0.4, 0.5) is 11.9 Å². The van der Waals surface area contributed by atoms with Gasteiger partial charge in [0, 0.05) is 30.4 Å². The van der Waals surface area contributed by atoms with Gasteiger partial charge in [-0.1, -0.05) is 0 Å². The van der Waals surface area contributed by atoms with Crippen LogP contribution in [0.25, 0.3) is 22.2 Å². The smallest absolute Gasteiger partial charge is 0.230 e. The fourth-order valence-corrected chi connectivity index (χ4v) is 2.96. The van der Waals surface area contributed by atoms with Gasteiger partial charge in [0.25, 0.3) is 0 Å². The number of fused-ring (bicyclic) bond motifs is 1. The second-order valence-electron chi connectivity index (χ2n) is 6.21. The number of hydrogen-bond acceptors (Lipinski definition) is 7. The lowest BCUT2D eigenvalue weighted by Gasteiger charge is -2.09. The van der Waals surface area contributed by atoms with E-state index >= 15 is 0 Å². The van der Waals surface area contributed by atoms with Crippen LogP contribution in [0.2, 0.25) is 0 Å². The Bertz CT molecular complexity index is 1140. The monoisotopic (exact) mass is 361 g/mol. The maximum Gasteiger partial charge on any atom is 0.230 e. The number of benzene rings is 1. The Hall–Kier alpha value is -3.55. The summed E-state index contributed by atoms with van der Waals surface area (Å²) in [7, 11) is 3.53. The summed E-state index contributed by atoms with van der Waals surface area (Å²) in [5.41, 5.74) is 4.34. The topological polar surface area (TPSA) is 90.6 Å². The van der Waals surface area contributed by atoms with Crippen LogP contribution in [0, 0.1) is 13.8 Å². The Morgan fingerprint density at radius 3 is 2.59 bits per heavy atom. The van der Waals surface area contributed by atoms with Crippen molar-refractivity contribution in [1.29, 1.82) is 0 Å². The molecule has 1 N–H and O–H groups in total. The van der Waals surface area contributed by atoms with E-state index < -0.39 is 0 Å². The van der Waals surface area contributed by atoms with Crippen LogP contribution < -0.4 is 10.1 Å². The molecule has 0 amide bonds. The predicted molar refractivity (Wildman–Crippen MR) is 103 cm³/mol. The van der Waals surface area contributed by atoms with Crippen molar-refractivity contribution in [1.82, 2.24) is 29.7 Å². The maximum absolute atomic E-state index is 5.27. The van der Waals surface area contributed by atoms with Gasteiger partial charge in [-0.3, -0.25) is 10.00 Å². The zero-order valence-electron chi connectivity index (χ0n) is 15.6. The molecule has 0 unspecified atom stereocenters. The fraction of sp³-hybridized carbons (Fsp3) is 0.211. The summed E-state index contributed by atoms with van der Waals surface area (Å²) in [5, 5.41) is 8.41. The molecule has 0 spiro atoms. The molecule has 4 rings (SSSR count). The van der Waals surface area contributed by atoms with E-state index in [2.05, 4.69) is 30.4 Å². The lowest BCUT2D eigenvalue weighted by molar-refractivity contribution is 0.415. The minimum absolute atomic E-state index is 0.433. The highest BCUT2D eigenvalue weighted by molar-refractivity contribution is 5.83. The molecule has 0 radical (unpaired) electrons. The molecule has 27 heavy (non-hydrogen) atoms. The number of nitrogens with one attached hydrogen (secondary N) is 1. The van der Waals surface area contributed by atoms with E-state index in [1.54, 1.807) is 18.0 Å². The summed E-state index contributed by atoms with van der Waals surface area (Å²) in [4.78, 5) is 17.9. The Balaban J connectivity index is 1.68. The molecular weight excluding hydrogens is 342 g/mol. The van der Waals surface area contributed by atoms with E-state index in [0.717, 1.165) is 39.3 Å². The largest absolute Gasteiger partial charge is 0.497 e. The summed E-state index contributed by atoms with van der Waals surface area (Å²) in [6.07, 6.45) is 3.64. The lowest BCUT2D eigenvalue weighted by Crippen LogP contribution is -2.03. The molecule has 0 aliphatic rings. The molecule has 0 fully saturated rings. The highest BCUT2D eigenvalue weighted by Gasteiger charge is 2.11. The van der Waals surface area contributed by atoms with Gasteiger partial charge in [0.2, 0.25) is 11.9 Å². The van der Waals surface area contributed by atoms with Gasteiger partial charge in [-0.25, -0.2) is 19.9 Å². The van der Waals surface area contributed by atoms with Crippen LogP contribution in [-0.2, 0) is 7.05 Å². The van der Waals surface area contributed by atoms with Crippen LogP contribution in [0.5, 0.6) is 5.75 Å². The van der Waals surface area contributed by atoms with E-state index in [1.165, 1.54) is 0 Å². The van der Waals surface area contributed by atoms with Crippen molar-refractivity contribution >= 4 is 22.8 Å². The molecule has 0 aliphatic heterocycles. The van der Waals surface area contributed by atoms with Gasteiger partial charge < -0.3 is 4.74 Å². The first-order chi connectivity index (χ1) is 13.0. The summed E-state index contributed by atoms with van der Waals surface area (Å²) >= 11 is 0. The molecule has 3 heterocycles. The second-order valence-corrected chi connectivity index (χ2v) is 6.21. The van der Waals surface area contributed by atoms with E-state index in [1.807, 2.05) is 51.4 Å². The Labute approximate surface area is 156 Å². The quantitative estimate of drug-likeness (QED) is 0.597. The normalized spacial score (nSPS) is 11.0. The number of methoxy groups -OCH3 is 1. The molecular formula is C19H19N7O. The van der Waals surface area contributed by atoms with Gasteiger partial charge in [0.15, 0.2) is 0 Å². The van der Waals surface area contributed by atoms with E-state index in [9.17, 15) is 0 Å². The molecule has 1 aromatic carbocycles. The number of aromatic nitrogens is 6. The van der Waals surface area contributed by atoms with Crippen molar-refractivity contribution in [3.63, 3.8) is 0 Å². The van der Waals surface area contributed by atoms with Gasteiger partial charge in [0.1, 0.15) is 5.75 Å². The van der Waals surface area contributed by atoms with Crippen LogP contribution in [0.3, 0.4) is 0 Å². The Morgan fingerprint density at radius 1 is 1.00 bits per heavy atom. The molecule has 0 saturated carbocycles. The third-order valence-corrected chi connectivity index (χ3v) is 4.26. The Kier molecular flexibility index (Phi) is 4.15. The van der Waals surface area contributed by atoms with E-state index in [4.69, 9.17) is 4.74 Å². The van der Waals surface area contributed by atoms with Crippen molar-refractivity contribution in [2.24, 2.45) is 7.05 Å². The van der Waals surface area contributed by atoms with Crippen molar-refractivity contribution in [2.45, 2.75) is 13.8 Å². The van der Waals surface area contributed by atoms with Crippen LogP contribution >= 0.6 is 0 Å². The molecule has 0 atom stereocenters. The average Bonchev–Trinajstić information content (AvgIpc) is 3.00. The summed E-state index contributed by atoms with van der Waals surface area (Å²) < 4.78 is 7.04. The fourth-order valence-electron chi connectivity index (χ4n) is 2.96. The summed E-state index contributed by atoms with van der Waals surface area (Å²) in [5.74, 6) is 1.66. The summed E-state index contributed by atoms with van der Waals surface area (Å²) in [6, 6.07) is 7.57. The molecule has 8 heteroatoms. The first-order valence-corrected chi connectivity index (χ1v) is 8.46. The first-order valence-electron chi connectivity index (χ1n) is 8.46. The van der Waals surface area contributed by atoms with Crippen molar-refractivity contribution < 1.29 is 4.74 Å². The molecule has 136 valence electrons. The number of rotatable bonds is 4. The highest BCUT2D eigenvalue weighted by atomic mass is 16.5. The van der Waals surface area contributed by atoms with Crippen molar-refractivity contribution in [3.8, 4) is 17.0 Å². The first kappa shape index (κ1) is 16.9. The maximum atomic E-state index is 5.27. The van der Waals surface area contributed by atoms with Gasteiger partial charge in [-0.05, 0) is 38.1 Å². The van der Waals surface area contributed by atoms with Crippen molar-refractivity contribution in [2.75, 3.05) is 12.4 Å². The standard InChI is InChI=1S/C19H19N7O/c1-11-14-9-13(27-4)5-6-16(14)23-19(21-11)24-18-20-8-7-17(22-18)15-10-26(3)25-12(15)2/h5-10H,1-4H3,(H,20,21,22,23,24). The number of hydrogen-bond donors (Lipinski definition) is 1. The van der Waals surface area contributed by atoms with Gasteiger partial charge in [-0.15, -0.1) is 0 Å². The van der Waals surface area contributed by atoms with E-state index in [-0.39, 0.29) is 0 Å². The van der Waals surface area contributed by atoms with Crippen LogP contribution in [0.15, 0.2) is 36.7 Å². The van der Waals surface area contributed by atoms with Gasteiger partial charge in [-0.2, -0.15) is 5.10 Å². The molecule has 0 bridgehead atoms. The molecule has 0 saturated heterocycles. The lowest BCUT2D eigenvalue weighted by atomic mass is 10.2. The van der Waals surface area contributed by atoms with Gasteiger partial charge >= 0.3 is 0 Å². The van der Waals surface area contributed by atoms with Crippen LogP contribution in [0.1, 0.15) is 11.4 Å². The second kappa shape index (κ2) is 6.64. The third kappa shape index (κ3) is 3.29. The number of anilines is 2. The number of ether oxygens (including phenoxy) is 1. The minimum atomic E-state index is 0.433. The number of nitrogens with zero attached hydrogens (tertiary/aromatic N) is 6. The Morgan fingerprint density at radius 2 is 1.85 bits per heavy atom. The van der Waals surface area contributed by atoms with Crippen molar-refractivity contribution in [3.05, 3.63) is 48.0 Å². The SMILES string of the molecule is COc1ccc2nc(Nc3nccc(-c4cn(C)nc4C)n3)nc(C)c2c1. The van der Waals surface area contributed by atoms with Crippen LogP contribution in [-0.4, -0.2) is 36.8 Å². The molecule has 4 aromatic rings.